The topological polar surface area (TPSA) is 84.0 Å². The molecule has 6 nitrogen and oxygen atoms in total. The molecule has 1 heterocycles. The van der Waals surface area contributed by atoms with Gasteiger partial charge in [-0.3, -0.25) is 9.59 Å². The third-order valence-corrected chi connectivity index (χ3v) is 3.91. The number of carbonyl (C=O) groups is 2. The van der Waals surface area contributed by atoms with Gasteiger partial charge in [0.2, 0.25) is 0 Å². The summed E-state index contributed by atoms with van der Waals surface area (Å²) in [6, 6.07) is 9.82. The fourth-order valence-electron chi connectivity index (χ4n) is 2.42. The molecule has 2 amide bonds. The predicted molar refractivity (Wildman–Crippen MR) is 98.7 cm³/mol. The molecule has 142 valence electrons. The zero-order chi connectivity index (χ0) is 20.1. The van der Waals surface area contributed by atoms with E-state index in [0.717, 1.165) is 23.8 Å². The summed E-state index contributed by atoms with van der Waals surface area (Å²) in [4.78, 5) is 32.7. The number of nitrogens with one attached hydrogen (secondary N) is 2. The van der Waals surface area contributed by atoms with Crippen LogP contribution >= 0.6 is 0 Å². The monoisotopic (exact) mass is 382 g/mol. The highest BCUT2D eigenvalue weighted by Crippen LogP contribution is 2.13. The normalized spacial score (nSPS) is 10.4. The second-order valence-corrected chi connectivity index (χ2v) is 5.99. The van der Waals surface area contributed by atoms with Crippen molar-refractivity contribution in [2.45, 2.75) is 13.5 Å². The van der Waals surface area contributed by atoms with Gasteiger partial charge in [-0.15, -0.1) is 0 Å². The van der Waals surface area contributed by atoms with Crippen molar-refractivity contribution >= 4 is 17.6 Å². The molecule has 0 aliphatic rings. The molecule has 28 heavy (non-hydrogen) atoms. The van der Waals surface area contributed by atoms with Crippen LogP contribution in [0.3, 0.4) is 0 Å². The van der Waals surface area contributed by atoms with Gasteiger partial charge in [-0.2, -0.15) is 0 Å². The van der Waals surface area contributed by atoms with Crippen LogP contribution in [0.2, 0.25) is 0 Å². The van der Waals surface area contributed by atoms with E-state index in [-0.39, 0.29) is 23.6 Å². The zero-order valence-electron chi connectivity index (χ0n) is 14.9. The Morgan fingerprint density at radius 3 is 2.43 bits per heavy atom. The molecule has 3 aromatic rings. The molecule has 0 radical (unpaired) electrons. The Balaban J connectivity index is 1.74. The van der Waals surface area contributed by atoms with Gasteiger partial charge in [-0.1, -0.05) is 17.7 Å². The van der Waals surface area contributed by atoms with Crippen LogP contribution in [0.4, 0.5) is 14.6 Å². The standard InChI is InChI=1S/C20H16F2N4O2/c1-12-2-4-13(5-3-12)19(27)26-18-17(23-8-9-24-18)20(28)25-11-14-10-15(21)6-7-16(14)22/h2-10H,11H2,1H3,(H,25,28)(H,24,26,27). The molecule has 8 heteroatoms. The van der Waals surface area contributed by atoms with Crippen LogP contribution in [0, 0.1) is 18.6 Å². The number of aromatic nitrogens is 2. The number of anilines is 1. The van der Waals surface area contributed by atoms with Crippen molar-refractivity contribution in [3.8, 4) is 0 Å². The molecule has 2 N–H and O–H groups in total. The van der Waals surface area contributed by atoms with Crippen molar-refractivity contribution in [3.05, 3.63) is 88.9 Å². The van der Waals surface area contributed by atoms with Gasteiger partial charge >= 0.3 is 0 Å². The van der Waals surface area contributed by atoms with E-state index in [0.29, 0.717) is 5.56 Å². The first-order valence-corrected chi connectivity index (χ1v) is 8.35. The molecule has 0 aliphatic carbocycles. The molecule has 0 bridgehead atoms. The Morgan fingerprint density at radius 1 is 0.964 bits per heavy atom. The summed E-state index contributed by atoms with van der Waals surface area (Å²) in [6.07, 6.45) is 2.62. The number of nitrogens with zero attached hydrogens (tertiary/aromatic N) is 2. The van der Waals surface area contributed by atoms with Gasteiger partial charge in [0.15, 0.2) is 11.5 Å². The number of rotatable bonds is 5. The van der Waals surface area contributed by atoms with Crippen LogP contribution in [0.5, 0.6) is 0 Å². The maximum atomic E-state index is 13.7. The first-order valence-electron chi connectivity index (χ1n) is 8.35. The number of hydrogen-bond acceptors (Lipinski definition) is 4. The quantitative estimate of drug-likeness (QED) is 0.710. The Hall–Kier alpha value is -3.68. The lowest BCUT2D eigenvalue weighted by molar-refractivity contribution is 0.0946. The van der Waals surface area contributed by atoms with Crippen molar-refractivity contribution in [2.24, 2.45) is 0 Å². The second-order valence-electron chi connectivity index (χ2n) is 5.99. The molecule has 1 aromatic heterocycles. The van der Waals surface area contributed by atoms with Gasteiger partial charge in [-0.25, -0.2) is 18.7 Å². The smallest absolute Gasteiger partial charge is 0.274 e. The third kappa shape index (κ3) is 4.53. The Bertz CT molecular complexity index is 1020. The average molecular weight is 382 g/mol. The lowest BCUT2D eigenvalue weighted by atomic mass is 10.1. The maximum Gasteiger partial charge on any atom is 0.274 e. The number of hydrogen-bond donors (Lipinski definition) is 2. The van der Waals surface area contributed by atoms with Crippen LogP contribution in [-0.4, -0.2) is 21.8 Å². The van der Waals surface area contributed by atoms with Crippen molar-refractivity contribution < 1.29 is 18.4 Å². The fourth-order valence-corrected chi connectivity index (χ4v) is 2.42. The first kappa shape index (κ1) is 19.1. The summed E-state index contributed by atoms with van der Waals surface area (Å²) >= 11 is 0. The molecule has 0 spiro atoms. The van der Waals surface area contributed by atoms with E-state index in [1.54, 1.807) is 24.3 Å². The lowest BCUT2D eigenvalue weighted by Gasteiger charge is -2.10. The van der Waals surface area contributed by atoms with E-state index in [1.165, 1.54) is 12.4 Å². The van der Waals surface area contributed by atoms with E-state index >= 15 is 0 Å². The molecule has 0 unspecified atom stereocenters. The molecule has 0 aliphatic heterocycles. The van der Waals surface area contributed by atoms with Gasteiger partial charge in [-0.05, 0) is 37.3 Å². The number of aryl methyl sites for hydroxylation is 1. The highest BCUT2D eigenvalue weighted by Gasteiger charge is 2.17. The molecule has 2 aromatic carbocycles. The van der Waals surface area contributed by atoms with Gasteiger partial charge in [0.1, 0.15) is 11.6 Å². The van der Waals surface area contributed by atoms with E-state index in [9.17, 15) is 18.4 Å². The molecule has 3 rings (SSSR count). The van der Waals surface area contributed by atoms with E-state index < -0.39 is 23.4 Å². The lowest BCUT2D eigenvalue weighted by Crippen LogP contribution is -2.27. The maximum absolute atomic E-state index is 13.7. The average Bonchev–Trinajstić information content (AvgIpc) is 2.69. The molecule has 0 saturated heterocycles. The van der Waals surface area contributed by atoms with E-state index in [4.69, 9.17) is 0 Å². The predicted octanol–water partition coefficient (Wildman–Crippen LogP) is 3.25. The molecule has 0 atom stereocenters. The Labute approximate surface area is 159 Å². The number of carbonyl (C=O) groups excluding carboxylic acids is 2. The van der Waals surface area contributed by atoms with Crippen LogP contribution in [0.1, 0.15) is 32.0 Å². The number of amides is 2. The summed E-state index contributed by atoms with van der Waals surface area (Å²) in [5.41, 5.74) is 1.24. The van der Waals surface area contributed by atoms with Crippen molar-refractivity contribution in [3.63, 3.8) is 0 Å². The zero-order valence-corrected chi connectivity index (χ0v) is 14.9. The fraction of sp³-hybridized carbons (Fsp3) is 0.100. The molecular weight excluding hydrogens is 366 g/mol. The summed E-state index contributed by atoms with van der Waals surface area (Å²) in [5.74, 6) is -2.43. The highest BCUT2D eigenvalue weighted by molar-refractivity contribution is 6.07. The summed E-state index contributed by atoms with van der Waals surface area (Å²) < 4.78 is 26.9. The van der Waals surface area contributed by atoms with Crippen LogP contribution in [-0.2, 0) is 6.54 Å². The van der Waals surface area contributed by atoms with Crippen LogP contribution in [0.15, 0.2) is 54.9 Å². The van der Waals surface area contributed by atoms with Crippen LogP contribution in [0.25, 0.3) is 0 Å². The Morgan fingerprint density at radius 2 is 1.68 bits per heavy atom. The SMILES string of the molecule is Cc1ccc(C(=O)Nc2nccnc2C(=O)NCc2cc(F)ccc2F)cc1. The van der Waals surface area contributed by atoms with Gasteiger partial charge in [0.05, 0.1) is 0 Å². The third-order valence-electron chi connectivity index (χ3n) is 3.91. The van der Waals surface area contributed by atoms with Gasteiger partial charge < -0.3 is 10.6 Å². The van der Waals surface area contributed by atoms with Crippen LogP contribution < -0.4 is 10.6 Å². The molecule has 0 fully saturated rings. The minimum Gasteiger partial charge on any atom is -0.346 e. The van der Waals surface area contributed by atoms with E-state index in [2.05, 4.69) is 20.6 Å². The molecule has 0 saturated carbocycles. The summed E-state index contributed by atoms with van der Waals surface area (Å²) in [7, 11) is 0. The highest BCUT2D eigenvalue weighted by atomic mass is 19.1. The van der Waals surface area contributed by atoms with Crippen molar-refractivity contribution in [1.82, 2.24) is 15.3 Å². The van der Waals surface area contributed by atoms with Crippen molar-refractivity contribution in [1.29, 1.82) is 0 Å². The minimum atomic E-state index is -0.684. The largest absolute Gasteiger partial charge is 0.346 e. The van der Waals surface area contributed by atoms with Gasteiger partial charge in [0.25, 0.3) is 11.8 Å². The minimum absolute atomic E-state index is 0.0116. The van der Waals surface area contributed by atoms with E-state index in [1.807, 2.05) is 6.92 Å². The number of halogens is 2. The first-order chi connectivity index (χ1) is 13.4. The molecular formula is C20H16F2N4O2. The second kappa shape index (κ2) is 8.34. The summed E-state index contributed by atoms with van der Waals surface area (Å²) in [5, 5.41) is 4.98. The van der Waals surface area contributed by atoms with Crippen molar-refractivity contribution in [2.75, 3.05) is 5.32 Å². The Kier molecular flexibility index (Phi) is 5.69. The number of benzene rings is 2. The summed E-state index contributed by atoms with van der Waals surface area (Å²) in [6.45, 7) is 1.65. The van der Waals surface area contributed by atoms with Gasteiger partial charge in [0, 0.05) is 30.1 Å².